The third-order valence-corrected chi connectivity index (χ3v) is 1.94. The molecule has 1 aromatic rings. The van der Waals surface area contributed by atoms with E-state index >= 15 is 0 Å². The van der Waals surface area contributed by atoms with Crippen molar-refractivity contribution in [3.63, 3.8) is 0 Å². The largest absolute Gasteiger partial charge is 0.390 e. The maximum absolute atomic E-state index is 9.49. The van der Waals surface area contributed by atoms with Gasteiger partial charge in [0.05, 0.1) is 18.4 Å². The maximum atomic E-state index is 9.49. The van der Waals surface area contributed by atoms with Crippen molar-refractivity contribution in [3.8, 4) is 0 Å². The highest BCUT2D eigenvalue weighted by molar-refractivity contribution is 4.94. The Morgan fingerprint density at radius 3 is 2.87 bits per heavy atom. The standard InChI is InChI=1S/C10H19N3O2/c1-8(2)5-13-6-9(11-12-13)4-10(14)7-15-3/h6,8,10,14H,4-5,7H2,1-3H3. The molecule has 1 atom stereocenters. The van der Waals surface area contributed by atoms with Crippen LogP contribution in [0.3, 0.4) is 0 Å². The first-order chi connectivity index (χ1) is 7.11. The molecule has 0 saturated heterocycles. The van der Waals surface area contributed by atoms with E-state index in [0.717, 1.165) is 12.2 Å². The second kappa shape index (κ2) is 5.82. The fourth-order valence-corrected chi connectivity index (χ4v) is 1.39. The van der Waals surface area contributed by atoms with Crippen LogP contribution in [0.1, 0.15) is 19.5 Å². The zero-order valence-electron chi connectivity index (χ0n) is 9.55. The Balaban J connectivity index is 2.45. The van der Waals surface area contributed by atoms with Crippen LogP contribution >= 0.6 is 0 Å². The molecule has 0 aromatic carbocycles. The van der Waals surface area contributed by atoms with Crippen molar-refractivity contribution >= 4 is 0 Å². The molecular formula is C10H19N3O2. The number of methoxy groups -OCH3 is 1. The predicted molar refractivity (Wildman–Crippen MR) is 56.4 cm³/mol. The molecule has 1 heterocycles. The number of hydrogen-bond donors (Lipinski definition) is 1. The van der Waals surface area contributed by atoms with E-state index in [1.807, 2.05) is 6.20 Å². The summed E-state index contributed by atoms with van der Waals surface area (Å²) in [7, 11) is 1.57. The van der Waals surface area contributed by atoms with E-state index in [0.29, 0.717) is 18.9 Å². The minimum atomic E-state index is -0.501. The normalized spacial score (nSPS) is 13.4. The monoisotopic (exact) mass is 213 g/mol. The van der Waals surface area contributed by atoms with Crippen LogP contribution < -0.4 is 0 Å². The zero-order valence-corrected chi connectivity index (χ0v) is 9.55. The molecule has 86 valence electrons. The van der Waals surface area contributed by atoms with E-state index < -0.39 is 6.10 Å². The van der Waals surface area contributed by atoms with Gasteiger partial charge in [-0.05, 0) is 5.92 Å². The van der Waals surface area contributed by atoms with Crippen molar-refractivity contribution in [2.24, 2.45) is 5.92 Å². The zero-order chi connectivity index (χ0) is 11.3. The fraction of sp³-hybridized carbons (Fsp3) is 0.800. The number of ether oxygens (including phenoxy) is 1. The first-order valence-corrected chi connectivity index (χ1v) is 5.17. The Bertz CT molecular complexity index is 286. The first kappa shape index (κ1) is 12.1. The van der Waals surface area contributed by atoms with Gasteiger partial charge in [-0.1, -0.05) is 19.1 Å². The molecule has 0 amide bonds. The highest BCUT2D eigenvalue weighted by atomic mass is 16.5. The molecular weight excluding hydrogens is 194 g/mol. The average Bonchev–Trinajstić information content (AvgIpc) is 2.51. The smallest absolute Gasteiger partial charge is 0.0853 e. The van der Waals surface area contributed by atoms with Gasteiger partial charge in [0, 0.05) is 26.3 Å². The average molecular weight is 213 g/mol. The molecule has 0 radical (unpaired) electrons. The number of hydrogen-bond acceptors (Lipinski definition) is 4. The van der Waals surface area contributed by atoms with Crippen LogP contribution in [0.15, 0.2) is 6.20 Å². The van der Waals surface area contributed by atoms with Crippen LogP contribution in [0.5, 0.6) is 0 Å². The molecule has 0 aliphatic heterocycles. The molecule has 1 N–H and O–H groups in total. The number of rotatable bonds is 6. The van der Waals surface area contributed by atoms with Gasteiger partial charge < -0.3 is 9.84 Å². The van der Waals surface area contributed by atoms with Crippen molar-refractivity contribution in [3.05, 3.63) is 11.9 Å². The summed E-state index contributed by atoms with van der Waals surface area (Å²) in [6.45, 7) is 5.44. The molecule has 0 spiro atoms. The van der Waals surface area contributed by atoms with Gasteiger partial charge in [-0.3, -0.25) is 4.68 Å². The van der Waals surface area contributed by atoms with Crippen molar-refractivity contribution < 1.29 is 9.84 Å². The number of nitrogens with zero attached hydrogens (tertiary/aromatic N) is 3. The summed E-state index contributed by atoms with van der Waals surface area (Å²) in [5.74, 6) is 0.545. The van der Waals surface area contributed by atoms with Gasteiger partial charge in [-0.2, -0.15) is 0 Å². The minimum Gasteiger partial charge on any atom is -0.390 e. The lowest BCUT2D eigenvalue weighted by Crippen LogP contribution is -2.17. The summed E-state index contributed by atoms with van der Waals surface area (Å²) >= 11 is 0. The van der Waals surface area contributed by atoms with Gasteiger partial charge in [0.15, 0.2) is 0 Å². The Morgan fingerprint density at radius 1 is 1.53 bits per heavy atom. The van der Waals surface area contributed by atoms with Crippen LogP contribution in [0.25, 0.3) is 0 Å². The van der Waals surface area contributed by atoms with Crippen molar-refractivity contribution in [1.29, 1.82) is 0 Å². The Labute approximate surface area is 90.1 Å². The molecule has 1 unspecified atom stereocenters. The fourth-order valence-electron chi connectivity index (χ4n) is 1.39. The third kappa shape index (κ3) is 4.40. The van der Waals surface area contributed by atoms with Gasteiger partial charge >= 0.3 is 0 Å². The van der Waals surface area contributed by atoms with Gasteiger partial charge in [-0.15, -0.1) is 5.10 Å². The Hall–Kier alpha value is -0.940. The topological polar surface area (TPSA) is 60.2 Å². The van der Waals surface area contributed by atoms with E-state index in [-0.39, 0.29) is 0 Å². The van der Waals surface area contributed by atoms with Crippen LogP contribution in [0.4, 0.5) is 0 Å². The van der Waals surface area contributed by atoms with Crippen molar-refractivity contribution in [1.82, 2.24) is 15.0 Å². The van der Waals surface area contributed by atoms with E-state index in [2.05, 4.69) is 24.2 Å². The van der Waals surface area contributed by atoms with Crippen LogP contribution in [0, 0.1) is 5.92 Å². The molecule has 1 aromatic heterocycles. The van der Waals surface area contributed by atoms with Crippen molar-refractivity contribution in [2.75, 3.05) is 13.7 Å². The summed E-state index contributed by atoms with van der Waals surface area (Å²) in [6.07, 6.45) is 1.87. The Kier molecular flexibility index (Phi) is 4.71. The van der Waals surface area contributed by atoms with Gasteiger partial charge in [0.2, 0.25) is 0 Å². The molecule has 5 heteroatoms. The van der Waals surface area contributed by atoms with Crippen LogP contribution in [-0.2, 0) is 17.7 Å². The van der Waals surface area contributed by atoms with E-state index in [1.165, 1.54) is 0 Å². The third-order valence-electron chi connectivity index (χ3n) is 1.94. The second-order valence-corrected chi connectivity index (χ2v) is 4.14. The van der Waals surface area contributed by atoms with Crippen molar-refractivity contribution in [2.45, 2.75) is 32.9 Å². The second-order valence-electron chi connectivity index (χ2n) is 4.14. The summed E-state index contributed by atoms with van der Waals surface area (Å²) in [5, 5.41) is 17.5. The lowest BCUT2D eigenvalue weighted by atomic mass is 10.2. The molecule has 0 saturated carbocycles. The molecule has 0 aliphatic carbocycles. The highest BCUT2D eigenvalue weighted by Crippen LogP contribution is 2.02. The first-order valence-electron chi connectivity index (χ1n) is 5.17. The van der Waals surface area contributed by atoms with Gasteiger partial charge in [0.25, 0.3) is 0 Å². The summed E-state index contributed by atoms with van der Waals surface area (Å²) < 4.78 is 6.65. The van der Waals surface area contributed by atoms with E-state index in [9.17, 15) is 5.11 Å². The SMILES string of the molecule is COCC(O)Cc1cn(CC(C)C)nn1. The maximum Gasteiger partial charge on any atom is 0.0853 e. The molecule has 1 rings (SSSR count). The predicted octanol–water partition coefficient (Wildman–Crippen LogP) is 0.484. The number of aliphatic hydroxyl groups excluding tert-OH is 1. The lowest BCUT2D eigenvalue weighted by molar-refractivity contribution is 0.0644. The summed E-state index contributed by atoms with van der Waals surface area (Å²) in [4.78, 5) is 0. The lowest BCUT2D eigenvalue weighted by Gasteiger charge is -2.05. The minimum absolute atomic E-state index is 0.330. The summed E-state index contributed by atoms with van der Waals surface area (Å²) in [5.41, 5.74) is 0.806. The molecule has 15 heavy (non-hydrogen) atoms. The molecule has 5 nitrogen and oxygen atoms in total. The molecule has 0 bridgehead atoms. The van der Waals surface area contributed by atoms with Gasteiger partial charge in [0.1, 0.15) is 0 Å². The molecule has 0 fully saturated rings. The summed E-state index contributed by atoms with van der Waals surface area (Å²) in [6, 6.07) is 0. The van der Waals surface area contributed by atoms with Crippen LogP contribution in [-0.4, -0.2) is 39.9 Å². The molecule has 0 aliphatic rings. The van der Waals surface area contributed by atoms with Gasteiger partial charge in [-0.25, -0.2) is 0 Å². The number of aliphatic hydroxyl groups is 1. The Morgan fingerprint density at radius 2 is 2.27 bits per heavy atom. The van der Waals surface area contributed by atoms with E-state index in [1.54, 1.807) is 11.8 Å². The number of aromatic nitrogens is 3. The highest BCUT2D eigenvalue weighted by Gasteiger charge is 2.08. The quantitative estimate of drug-likeness (QED) is 0.747. The van der Waals surface area contributed by atoms with Crippen LogP contribution in [0.2, 0.25) is 0 Å². The van der Waals surface area contributed by atoms with E-state index in [4.69, 9.17) is 4.74 Å².